The second-order valence-electron chi connectivity index (χ2n) is 6.25. The van der Waals surface area contributed by atoms with Crippen molar-refractivity contribution in [1.82, 2.24) is 0 Å². The van der Waals surface area contributed by atoms with Crippen molar-refractivity contribution in [2.45, 2.75) is 25.0 Å². The van der Waals surface area contributed by atoms with Crippen LogP contribution in [0.3, 0.4) is 0 Å². The summed E-state index contributed by atoms with van der Waals surface area (Å²) in [6.07, 6.45) is 3.84. The molecule has 2 saturated heterocycles. The zero-order chi connectivity index (χ0) is 15.0. The fourth-order valence-corrected chi connectivity index (χ4v) is 4.14. The SMILES string of the molecule is C[C@]12C=C[C@](C)(O1)[C@H]1C(=O)N(c3ccc(Br)cc3)C(=O)[C@H]12. The number of ether oxygens (including phenoxy) is 1. The number of rotatable bonds is 1. The summed E-state index contributed by atoms with van der Waals surface area (Å²) in [5.41, 5.74) is -0.721. The number of carbonyl (C=O) groups is 2. The van der Waals surface area contributed by atoms with E-state index < -0.39 is 23.0 Å². The Hall–Kier alpha value is -1.46. The van der Waals surface area contributed by atoms with Crippen LogP contribution in [0.1, 0.15) is 13.8 Å². The lowest BCUT2D eigenvalue weighted by Gasteiger charge is -2.25. The second kappa shape index (κ2) is 3.84. The minimum atomic E-state index is -0.670. The maximum absolute atomic E-state index is 12.8. The summed E-state index contributed by atoms with van der Waals surface area (Å²) in [5.74, 6) is -1.18. The lowest BCUT2D eigenvalue weighted by molar-refractivity contribution is -0.128. The summed E-state index contributed by atoms with van der Waals surface area (Å²) < 4.78 is 6.88. The van der Waals surface area contributed by atoms with Crippen LogP contribution in [0.15, 0.2) is 40.9 Å². The molecule has 1 aromatic rings. The zero-order valence-corrected chi connectivity index (χ0v) is 13.3. The molecular weight excluding hydrogens is 334 g/mol. The van der Waals surface area contributed by atoms with Crippen LogP contribution in [0.4, 0.5) is 5.69 Å². The molecule has 4 atom stereocenters. The third-order valence-corrected chi connectivity index (χ3v) is 5.34. The minimum absolute atomic E-state index is 0.164. The second-order valence-corrected chi connectivity index (χ2v) is 7.16. The summed E-state index contributed by atoms with van der Waals surface area (Å²) in [4.78, 5) is 26.9. The summed E-state index contributed by atoms with van der Waals surface area (Å²) in [5, 5.41) is 0. The summed E-state index contributed by atoms with van der Waals surface area (Å²) in [6, 6.07) is 7.22. The third-order valence-electron chi connectivity index (χ3n) is 4.81. The molecule has 4 nitrogen and oxygen atoms in total. The van der Waals surface area contributed by atoms with Gasteiger partial charge in [0.1, 0.15) is 0 Å². The number of carbonyl (C=O) groups excluding carboxylic acids is 2. The molecule has 0 N–H and O–H groups in total. The average Bonchev–Trinajstić information content (AvgIpc) is 2.97. The van der Waals surface area contributed by atoms with E-state index >= 15 is 0 Å². The van der Waals surface area contributed by atoms with Crippen molar-refractivity contribution in [3.8, 4) is 0 Å². The van der Waals surface area contributed by atoms with Crippen molar-refractivity contribution < 1.29 is 14.3 Å². The number of fused-ring (bicyclic) bond motifs is 5. The fourth-order valence-electron chi connectivity index (χ4n) is 3.88. The van der Waals surface area contributed by atoms with Crippen LogP contribution in [-0.2, 0) is 14.3 Å². The van der Waals surface area contributed by atoms with Crippen LogP contribution in [0.2, 0.25) is 0 Å². The van der Waals surface area contributed by atoms with E-state index in [4.69, 9.17) is 4.74 Å². The lowest BCUT2D eigenvalue weighted by Crippen LogP contribution is -2.39. The van der Waals surface area contributed by atoms with Gasteiger partial charge in [0, 0.05) is 4.47 Å². The Morgan fingerprint density at radius 2 is 1.48 bits per heavy atom. The van der Waals surface area contributed by atoms with E-state index in [2.05, 4.69) is 15.9 Å². The van der Waals surface area contributed by atoms with Crippen molar-refractivity contribution >= 4 is 33.4 Å². The maximum Gasteiger partial charge on any atom is 0.241 e. The number of hydrogen-bond acceptors (Lipinski definition) is 3. The first kappa shape index (κ1) is 13.2. The van der Waals surface area contributed by atoms with Gasteiger partial charge in [0.15, 0.2) is 0 Å². The number of benzene rings is 1. The van der Waals surface area contributed by atoms with Gasteiger partial charge in [-0.25, -0.2) is 4.90 Å². The molecule has 2 amide bonds. The van der Waals surface area contributed by atoms with E-state index in [1.54, 1.807) is 12.1 Å². The maximum atomic E-state index is 12.8. The molecular formula is C16H14BrNO3. The van der Waals surface area contributed by atoms with Crippen molar-refractivity contribution in [2.24, 2.45) is 11.8 Å². The molecule has 0 radical (unpaired) electrons. The third kappa shape index (κ3) is 1.53. The molecule has 1 aromatic carbocycles. The molecule has 108 valence electrons. The monoisotopic (exact) mass is 347 g/mol. The Balaban J connectivity index is 1.80. The fraction of sp³-hybridized carbons (Fsp3) is 0.375. The molecule has 0 spiro atoms. The highest BCUT2D eigenvalue weighted by Gasteiger charge is 2.70. The topological polar surface area (TPSA) is 46.6 Å². The molecule has 3 heterocycles. The molecule has 2 fully saturated rings. The van der Waals surface area contributed by atoms with Gasteiger partial charge in [-0.3, -0.25) is 9.59 Å². The van der Waals surface area contributed by atoms with Crippen molar-refractivity contribution in [1.29, 1.82) is 0 Å². The normalized spacial score (nSPS) is 40.2. The molecule has 2 bridgehead atoms. The molecule has 4 rings (SSSR count). The smallest absolute Gasteiger partial charge is 0.241 e. The Kier molecular flexibility index (Phi) is 2.42. The van der Waals surface area contributed by atoms with E-state index in [-0.39, 0.29) is 11.8 Å². The highest BCUT2D eigenvalue weighted by Crippen LogP contribution is 2.57. The Morgan fingerprint density at radius 3 is 1.95 bits per heavy atom. The molecule has 21 heavy (non-hydrogen) atoms. The van der Waals surface area contributed by atoms with Gasteiger partial charge in [0.25, 0.3) is 0 Å². The summed E-state index contributed by atoms with van der Waals surface area (Å²) >= 11 is 3.36. The average molecular weight is 348 g/mol. The van der Waals surface area contributed by atoms with Gasteiger partial charge in [-0.1, -0.05) is 28.1 Å². The van der Waals surface area contributed by atoms with E-state index in [1.165, 1.54) is 4.90 Å². The van der Waals surface area contributed by atoms with Crippen molar-refractivity contribution in [3.63, 3.8) is 0 Å². The van der Waals surface area contributed by atoms with Crippen LogP contribution >= 0.6 is 15.9 Å². The summed E-state index contributed by atoms with van der Waals surface area (Å²) in [6.45, 7) is 3.77. The molecule has 0 aromatic heterocycles. The Morgan fingerprint density at radius 1 is 1.00 bits per heavy atom. The molecule has 0 aliphatic carbocycles. The highest BCUT2D eigenvalue weighted by molar-refractivity contribution is 9.10. The van der Waals surface area contributed by atoms with Gasteiger partial charge < -0.3 is 4.74 Å². The predicted molar refractivity (Wildman–Crippen MR) is 80.7 cm³/mol. The number of amides is 2. The quantitative estimate of drug-likeness (QED) is 0.579. The number of imide groups is 1. The number of anilines is 1. The van der Waals surface area contributed by atoms with Crippen LogP contribution < -0.4 is 4.90 Å². The van der Waals surface area contributed by atoms with Crippen molar-refractivity contribution in [2.75, 3.05) is 4.90 Å². The van der Waals surface area contributed by atoms with Gasteiger partial charge in [-0.15, -0.1) is 0 Å². The first-order valence-corrected chi connectivity index (χ1v) is 7.69. The van der Waals surface area contributed by atoms with E-state index in [9.17, 15) is 9.59 Å². The molecule has 5 heteroatoms. The predicted octanol–water partition coefficient (Wildman–Crippen LogP) is 2.67. The largest absolute Gasteiger partial charge is 0.359 e. The minimum Gasteiger partial charge on any atom is -0.359 e. The lowest BCUT2D eigenvalue weighted by atomic mass is 9.73. The zero-order valence-electron chi connectivity index (χ0n) is 11.7. The highest BCUT2D eigenvalue weighted by atomic mass is 79.9. The van der Waals surface area contributed by atoms with Crippen LogP contribution in [0, 0.1) is 11.8 Å². The number of hydrogen-bond donors (Lipinski definition) is 0. The standard InChI is InChI=1S/C16H14BrNO3/c1-15-7-8-16(2,21-15)12-11(15)13(19)18(14(12)20)10-5-3-9(17)4-6-10/h3-8,11-12H,1-2H3/t11-,12+,15+,16-. The first-order chi connectivity index (χ1) is 9.86. The first-order valence-electron chi connectivity index (χ1n) is 6.90. The molecule has 0 unspecified atom stereocenters. The van der Waals surface area contributed by atoms with E-state index in [0.29, 0.717) is 5.69 Å². The van der Waals surface area contributed by atoms with Gasteiger partial charge in [-0.05, 0) is 38.1 Å². The van der Waals surface area contributed by atoms with Crippen LogP contribution in [-0.4, -0.2) is 23.0 Å². The van der Waals surface area contributed by atoms with E-state index in [0.717, 1.165) is 4.47 Å². The molecule has 3 aliphatic rings. The van der Waals surface area contributed by atoms with Gasteiger partial charge >= 0.3 is 0 Å². The Bertz CT molecular complexity index is 662. The van der Waals surface area contributed by atoms with Crippen LogP contribution in [0.5, 0.6) is 0 Å². The van der Waals surface area contributed by atoms with Gasteiger partial charge in [0.2, 0.25) is 11.8 Å². The number of halogens is 1. The number of nitrogens with zero attached hydrogens (tertiary/aromatic N) is 1. The van der Waals surface area contributed by atoms with E-state index in [1.807, 2.05) is 38.1 Å². The summed E-state index contributed by atoms with van der Waals surface area (Å²) in [7, 11) is 0. The van der Waals surface area contributed by atoms with Crippen LogP contribution in [0.25, 0.3) is 0 Å². The van der Waals surface area contributed by atoms with Crippen molar-refractivity contribution in [3.05, 3.63) is 40.9 Å². The Labute approximate surface area is 130 Å². The van der Waals surface area contributed by atoms with Gasteiger partial charge in [-0.2, -0.15) is 0 Å². The van der Waals surface area contributed by atoms with Gasteiger partial charge in [0.05, 0.1) is 28.7 Å². The molecule has 3 aliphatic heterocycles. The molecule has 0 saturated carbocycles.